The highest BCUT2D eigenvalue weighted by Crippen LogP contribution is 2.28. The lowest BCUT2D eigenvalue weighted by molar-refractivity contribution is -0.136. The highest BCUT2D eigenvalue weighted by Gasteiger charge is 2.18. The molecule has 2 heterocycles. The van der Waals surface area contributed by atoms with Crippen molar-refractivity contribution in [2.24, 2.45) is 0 Å². The summed E-state index contributed by atoms with van der Waals surface area (Å²) >= 11 is 0. The summed E-state index contributed by atoms with van der Waals surface area (Å²) in [5.41, 5.74) is 4.60. The topological polar surface area (TPSA) is 54.6 Å². The molecule has 0 saturated carbocycles. The Kier molecular flexibility index (Phi) is 3.41. The van der Waals surface area contributed by atoms with Crippen LogP contribution in [0.5, 0.6) is 0 Å². The maximum Gasteiger partial charge on any atom is 0.309 e. The van der Waals surface area contributed by atoms with Crippen molar-refractivity contribution in [1.82, 2.24) is 9.38 Å². The second-order valence-electron chi connectivity index (χ2n) is 5.37. The minimum atomic E-state index is -0.975. The summed E-state index contributed by atoms with van der Waals surface area (Å²) in [5.74, 6) is -1.40. The highest BCUT2D eigenvalue weighted by molar-refractivity contribution is 5.77. The molecule has 0 aliphatic heterocycles. The zero-order valence-electron chi connectivity index (χ0n) is 12.3. The van der Waals surface area contributed by atoms with Crippen LogP contribution in [0.3, 0.4) is 0 Å². The number of carboxylic acids is 1. The first kappa shape index (κ1) is 14.3. The lowest BCUT2D eigenvalue weighted by Gasteiger charge is -2.07. The van der Waals surface area contributed by atoms with Crippen LogP contribution < -0.4 is 0 Å². The summed E-state index contributed by atoms with van der Waals surface area (Å²) < 4.78 is 15.0. The number of nitrogens with zero attached hydrogens (tertiary/aromatic N) is 2. The van der Waals surface area contributed by atoms with Gasteiger partial charge in [-0.25, -0.2) is 9.37 Å². The molecule has 0 fully saturated rings. The average Bonchev–Trinajstić information content (AvgIpc) is 2.76. The molecule has 22 heavy (non-hydrogen) atoms. The van der Waals surface area contributed by atoms with Crippen LogP contribution in [0.2, 0.25) is 0 Å². The zero-order chi connectivity index (χ0) is 15.9. The lowest BCUT2D eigenvalue weighted by atomic mass is 10.0. The number of rotatable bonds is 3. The number of aromatic nitrogens is 2. The first-order valence-electron chi connectivity index (χ1n) is 6.91. The Hall–Kier alpha value is -2.69. The van der Waals surface area contributed by atoms with Gasteiger partial charge in [0.2, 0.25) is 0 Å². The number of carboxylic acid groups (broad SMARTS) is 1. The van der Waals surface area contributed by atoms with Crippen molar-refractivity contribution in [2.75, 3.05) is 0 Å². The van der Waals surface area contributed by atoms with Gasteiger partial charge in [-0.2, -0.15) is 0 Å². The summed E-state index contributed by atoms with van der Waals surface area (Å²) in [6.07, 6.45) is 1.06. The predicted molar refractivity (Wildman–Crippen MR) is 81.4 cm³/mol. The van der Waals surface area contributed by atoms with E-state index in [2.05, 4.69) is 4.98 Å². The van der Waals surface area contributed by atoms with Gasteiger partial charge in [0.15, 0.2) is 0 Å². The Morgan fingerprint density at radius 2 is 2.05 bits per heavy atom. The average molecular weight is 298 g/mol. The molecular formula is C17H15FN2O2. The smallest absolute Gasteiger partial charge is 0.309 e. The van der Waals surface area contributed by atoms with Gasteiger partial charge in [0.1, 0.15) is 11.5 Å². The lowest BCUT2D eigenvalue weighted by Crippen LogP contribution is -2.05. The number of aryl methyl sites for hydroxylation is 2. The molecule has 2 aromatic heterocycles. The highest BCUT2D eigenvalue weighted by atomic mass is 19.1. The SMILES string of the molecule is Cc1ccc(-c2nc3ccc(F)cn3c2CC(=O)O)c(C)c1. The third-order valence-electron chi connectivity index (χ3n) is 3.64. The van der Waals surface area contributed by atoms with Crippen LogP contribution in [-0.2, 0) is 11.2 Å². The van der Waals surface area contributed by atoms with Crippen molar-refractivity contribution in [2.45, 2.75) is 20.3 Å². The first-order chi connectivity index (χ1) is 10.5. The molecule has 0 unspecified atom stereocenters. The Balaban J connectivity index is 2.30. The number of aliphatic carboxylic acids is 1. The second kappa shape index (κ2) is 5.26. The van der Waals surface area contributed by atoms with Gasteiger partial charge in [-0.05, 0) is 31.5 Å². The molecule has 0 amide bonds. The number of halogens is 1. The van der Waals surface area contributed by atoms with E-state index in [1.54, 1.807) is 6.07 Å². The summed E-state index contributed by atoms with van der Waals surface area (Å²) in [6.45, 7) is 3.95. The monoisotopic (exact) mass is 298 g/mol. The fourth-order valence-corrected chi connectivity index (χ4v) is 2.67. The van der Waals surface area contributed by atoms with E-state index >= 15 is 0 Å². The van der Waals surface area contributed by atoms with Gasteiger partial charge in [0.05, 0.1) is 17.8 Å². The van der Waals surface area contributed by atoms with Crippen molar-refractivity contribution in [3.05, 3.63) is 59.2 Å². The van der Waals surface area contributed by atoms with Crippen molar-refractivity contribution in [3.63, 3.8) is 0 Å². The molecule has 0 saturated heterocycles. The van der Waals surface area contributed by atoms with Crippen molar-refractivity contribution in [1.29, 1.82) is 0 Å². The summed E-state index contributed by atoms with van der Waals surface area (Å²) in [4.78, 5) is 15.7. The van der Waals surface area contributed by atoms with E-state index in [4.69, 9.17) is 5.11 Å². The number of fused-ring (bicyclic) bond motifs is 1. The molecular weight excluding hydrogens is 283 g/mol. The quantitative estimate of drug-likeness (QED) is 0.806. The Labute approximate surface area is 126 Å². The number of pyridine rings is 1. The van der Waals surface area contributed by atoms with E-state index in [0.29, 0.717) is 17.0 Å². The maximum atomic E-state index is 13.5. The van der Waals surface area contributed by atoms with Crippen molar-refractivity contribution < 1.29 is 14.3 Å². The summed E-state index contributed by atoms with van der Waals surface area (Å²) in [7, 11) is 0. The van der Waals surface area contributed by atoms with Crippen molar-refractivity contribution in [3.8, 4) is 11.3 Å². The fourth-order valence-electron chi connectivity index (χ4n) is 2.67. The minimum Gasteiger partial charge on any atom is -0.481 e. The van der Waals surface area contributed by atoms with Crippen LogP contribution in [0.1, 0.15) is 16.8 Å². The van der Waals surface area contributed by atoms with Gasteiger partial charge in [-0.3, -0.25) is 9.20 Å². The fraction of sp³-hybridized carbons (Fsp3) is 0.176. The van der Waals surface area contributed by atoms with Crippen LogP contribution in [0, 0.1) is 19.7 Å². The Morgan fingerprint density at radius 1 is 1.27 bits per heavy atom. The van der Waals surface area contributed by atoms with Gasteiger partial charge in [0, 0.05) is 11.8 Å². The van der Waals surface area contributed by atoms with E-state index in [-0.39, 0.29) is 6.42 Å². The van der Waals surface area contributed by atoms with E-state index in [1.807, 2.05) is 32.0 Å². The molecule has 0 aliphatic rings. The van der Waals surface area contributed by atoms with E-state index in [0.717, 1.165) is 16.7 Å². The number of hydrogen-bond donors (Lipinski definition) is 1. The standard InChI is InChI=1S/C17H15FN2O2/c1-10-3-5-13(11(2)7-10)17-14(8-16(21)22)20-9-12(18)4-6-15(20)19-17/h3-7,9H,8H2,1-2H3,(H,21,22). The van der Waals surface area contributed by atoms with E-state index in [1.165, 1.54) is 16.7 Å². The number of hydrogen-bond acceptors (Lipinski definition) is 2. The summed E-state index contributed by atoms with van der Waals surface area (Å²) in [5, 5.41) is 9.16. The Morgan fingerprint density at radius 3 is 2.73 bits per heavy atom. The molecule has 5 heteroatoms. The van der Waals surface area contributed by atoms with Gasteiger partial charge in [0.25, 0.3) is 0 Å². The third kappa shape index (κ3) is 2.45. The zero-order valence-corrected chi connectivity index (χ0v) is 12.3. The van der Waals surface area contributed by atoms with Crippen LogP contribution in [0.4, 0.5) is 4.39 Å². The number of imidazole rings is 1. The van der Waals surface area contributed by atoms with E-state index < -0.39 is 11.8 Å². The molecule has 4 nitrogen and oxygen atoms in total. The van der Waals surface area contributed by atoms with Gasteiger partial charge in [-0.1, -0.05) is 23.8 Å². The molecule has 3 rings (SSSR count). The molecule has 0 radical (unpaired) electrons. The second-order valence-corrected chi connectivity index (χ2v) is 5.37. The maximum absolute atomic E-state index is 13.5. The molecule has 112 valence electrons. The van der Waals surface area contributed by atoms with Crippen molar-refractivity contribution >= 4 is 11.6 Å². The minimum absolute atomic E-state index is 0.215. The summed E-state index contributed by atoms with van der Waals surface area (Å²) in [6, 6.07) is 8.77. The van der Waals surface area contributed by atoms with Gasteiger partial charge in [-0.15, -0.1) is 0 Å². The molecule has 0 aliphatic carbocycles. The molecule has 3 aromatic rings. The molecule has 0 bridgehead atoms. The molecule has 0 atom stereocenters. The van der Waals surface area contributed by atoms with Crippen LogP contribution in [0.25, 0.3) is 16.9 Å². The van der Waals surface area contributed by atoms with Crippen LogP contribution in [-0.4, -0.2) is 20.5 Å². The van der Waals surface area contributed by atoms with Crippen LogP contribution in [0.15, 0.2) is 36.5 Å². The molecule has 1 N–H and O–H groups in total. The third-order valence-corrected chi connectivity index (χ3v) is 3.64. The van der Waals surface area contributed by atoms with Gasteiger partial charge < -0.3 is 5.11 Å². The molecule has 1 aromatic carbocycles. The number of benzene rings is 1. The molecule has 0 spiro atoms. The normalized spacial score (nSPS) is 11.0. The first-order valence-corrected chi connectivity index (χ1v) is 6.91. The van der Waals surface area contributed by atoms with Crippen LogP contribution >= 0.6 is 0 Å². The van der Waals surface area contributed by atoms with E-state index in [9.17, 15) is 9.18 Å². The predicted octanol–water partition coefficient (Wildman–Crippen LogP) is 3.38. The number of carbonyl (C=O) groups is 1. The van der Waals surface area contributed by atoms with Gasteiger partial charge >= 0.3 is 5.97 Å². The Bertz CT molecular complexity index is 884. The largest absolute Gasteiger partial charge is 0.481 e.